The summed E-state index contributed by atoms with van der Waals surface area (Å²) >= 11 is 0. The third kappa shape index (κ3) is 4.41. The van der Waals surface area contributed by atoms with Gasteiger partial charge in [0.25, 0.3) is 0 Å². The lowest BCUT2D eigenvalue weighted by atomic mass is 9.87. The Bertz CT molecular complexity index is 1840. The Morgan fingerprint density at radius 3 is 2.70 bits per heavy atom. The maximum absolute atomic E-state index is 16.8. The van der Waals surface area contributed by atoms with Crippen LogP contribution < -0.4 is 15.8 Å². The van der Waals surface area contributed by atoms with Crippen molar-refractivity contribution in [2.75, 3.05) is 25.4 Å². The third-order valence-corrected chi connectivity index (χ3v) is 10.4. The summed E-state index contributed by atoms with van der Waals surface area (Å²) in [6, 6.07) is 10.7. The molecule has 0 aliphatic carbocycles. The number of piperidine rings is 1. The summed E-state index contributed by atoms with van der Waals surface area (Å²) in [5.41, 5.74) is 7.83. The van der Waals surface area contributed by atoms with Crippen molar-refractivity contribution in [3.8, 4) is 29.5 Å². The summed E-state index contributed by atoms with van der Waals surface area (Å²) in [4.78, 5) is 11.7. The number of ether oxygens (including phenoxy) is 1. The highest BCUT2D eigenvalue weighted by Gasteiger charge is 2.49. The zero-order valence-electron chi connectivity index (χ0n) is 24.4. The van der Waals surface area contributed by atoms with Gasteiger partial charge in [0, 0.05) is 53.0 Å². The monoisotopic (exact) mass is 597 g/mol. The zero-order chi connectivity index (χ0) is 30.2. The summed E-state index contributed by atoms with van der Waals surface area (Å²) in [6.45, 7) is 1.51. The van der Waals surface area contributed by atoms with Gasteiger partial charge in [-0.1, -0.05) is 24.1 Å². The average molecular weight is 598 g/mol. The van der Waals surface area contributed by atoms with Crippen LogP contribution in [0.15, 0.2) is 36.4 Å². The maximum Gasteiger partial charge on any atom is 0.317 e. The first-order chi connectivity index (χ1) is 21.3. The van der Waals surface area contributed by atoms with E-state index in [-0.39, 0.29) is 40.7 Å². The van der Waals surface area contributed by atoms with Crippen molar-refractivity contribution in [2.45, 2.75) is 74.7 Å². The number of nitrogens with two attached hydrogens (primary N) is 1. The van der Waals surface area contributed by atoms with Gasteiger partial charge in [-0.25, -0.2) is 13.2 Å². The Labute approximate surface area is 254 Å². The highest BCUT2D eigenvalue weighted by Crippen LogP contribution is 2.44. The molecule has 3 aromatic carbocycles. The van der Waals surface area contributed by atoms with E-state index < -0.39 is 17.8 Å². The molecule has 6 nitrogen and oxygen atoms in total. The molecular formula is C35H34F3N5O. The molecule has 1 aromatic heterocycles. The number of terminal acetylenes is 1. The van der Waals surface area contributed by atoms with Crippen LogP contribution in [-0.4, -0.2) is 58.4 Å². The van der Waals surface area contributed by atoms with Crippen LogP contribution in [0.25, 0.3) is 32.8 Å². The Kier molecular flexibility index (Phi) is 6.51. The summed E-state index contributed by atoms with van der Waals surface area (Å²) in [5.74, 6) is 1.43. The normalized spacial score (nSPS) is 28.0. The molecule has 1 unspecified atom stereocenters. The first kappa shape index (κ1) is 27.7. The van der Waals surface area contributed by atoms with E-state index in [9.17, 15) is 8.78 Å². The number of anilines is 1. The molecule has 5 heterocycles. The summed E-state index contributed by atoms with van der Waals surface area (Å²) < 4.78 is 52.4. The highest BCUT2D eigenvalue weighted by atomic mass is 19.1. The molecule has 0 amide bonds. The zero-order valence-corrected chi connectivity index (χ0v) is 24.4. The molecule has 4 aliphatic rings. The molecule has 4 saturated heterocycles. The maximum atomic E-state index is 16.8. The Morgan fingerprint density at radius 1 is 1.09 bits per heavy atom. The minimum absolute atomic E-state index is 0.0534. The van der Waals surface area contributed by atoms with Gasteiger partial charge >= 0.3 is 6.01 Å². The number of fused-ring (bicyclic) bond motifs is 5. The van der Waals surface area contributed by atoms with Crippen molar-refractivity contribution in [3.05, 3.63) is 59.3 Å². The van der Waals surface area contributed by atoms with Crippen LogP contribution in [0.4, 0.5) is 18.9 Å². The summed E-state index contributed by atoms with van der Waals surface area (Å²) in [6.07, 6.45) is 11.1. The highest BCUT2D eigenvalue weighted by molar-refractivity contribution is 6.04. The number of nitrogens with zero attached hydrogens (tertiary/aromatic N) is 3. The van der Waals surface area contributed by atoms with Gasteiger partial charge in [0.05, 0.1) is 16.8 Å². The minimum atomic E-state index is -0.886. The first-order valence-corrected chi connectivity index (χ1v) is 15.6. The van der Waals surface area contributed by atoms with Crippen LogP contribution in [0.1, 0.15) is 62.1 Å². The van der Waals surface area contributed by atoms with Gasteiger partial charge in [-0.15, -0.1) is 6.42 Å². The average Bonchev–Trinajstić information content (AvgIpc) is 3.66. The summed E-state index contributed by atoms with van der Waals surface area (Å²) in [5, 5.41) is 5.35. The molecule has 226 valence electrons. The standard InChI is InChI=1S/C35H34F3N5O/c1-2-25-29(37)9-4-19-12-22(39)15-28(30(19)25)26-7-8-27-32(20-13-23-5-6-24(14-20)40-23)41-34(42-33(27)31(26)38)44-18-35-10-3-11-43(35)17-21(36)16-35/h1,4,7-9,12,15,20-21,23-24,40H,3,5-6,10-11,13-14,16-18,39H2/t20?,21-,23-,24+,35+/m1/s1. The molecule has 5 atom stereocenters. The molecule has 3 N–H and O–H groups in total. The van der Waals surface area contributed by atoms with E-state index in [2.05, 4.69) is 21.1 Å². The largest absolute Gasteiger partial charge is 0.461 e. The predicted molar refractivity (Wildman–Crippen MR) is 165 cm³/mol. The minimum Gasteiger partial charge on any atom is -0.461 e. The van der Waals surface area contributed by atoms with Crippen LogP contribution in [0.5, 0.6) is 6.01 Å². The molecule has 4 aromatic rings. The van der Waals surface area contributed by atoms with E-state index in [0.29, 0.717) is 52.5 Å². The van der Waals surface area contributed by atoms with Crippen LogP contribution in [0, 0.1) is 24.0 Å². The molecular weight excluding hydrogens is 563 g/mol. The van der Waals surface area contributed by atoms with Crippen molar-refractivity contribution in [1.29, 1.82) is 0 Å². The second kappa shape index (κ2) is 10.4. The van der Waals surface area contributed by atoms with Gasteiger partial charge < -0.3 is 15.8 Å². The Hall–Kier alpha value is -3.87. The lowest BCUT2D eigenvalue weighted by Gasteiger charge is -2.31. The van der Waals surface area contributed by atoms with E-state index in [1.54, 1.807) is 24.3 Å². The SMILES string of the molecule is C#Cc1c(F)ccc2cc(N)cc(-c3ccc4c(C5C[C@H]6CC[C@@H](C5)N6)nc(OC[C@@]56CCCN5C[C@H](F)C6)nc4c3F)c12. The number of hydrogen-bond acceptors (Lipinski definition) is 6. The van der Waals surface area contributed by atoms with Gasteiger partial charge in [-0.3, -0.25) is 4.90 Å². The molecule has 0 spiro atoms. The van der Waals surface area contributed by atoms with Crippen molar-refractivity contribution in [3.63, 3.8) is 0 Å². The number of nitrogen functional groups attached to an aromatic ring is 1. The second-order valence-corrected chi connectivity index (χ2v) is 13.1. The van der Waals surface area contributed by atoms with Crippen LogP contribution in [0.2, 0.25) is 0 Å². The van der Waals surface area contributed by atoms with E-state index >= 15 is 4.39 Å². The van der Waals surface area contributed by atoms with Gasteiger partial charge in [-0.05, 0) is 74.2 Å². The lowest BCUT2D eigenvalue weighted by molar-refractivity contribution is 0.107. The number of rotatable bonds is 5. The molecule has 9 heteroatoms. The number of alkyl halides is 1. The van der Waals surface area contributed by atoms with Crippen LogP contribution in [0.3, 0.4) is 0 Å². The molecule has 0 radical (unpaired) electrons. The molecule has 8 rings (SSSR count). The predicted octanol–water partition coefficient (Wildman–Crippen LogP) is 6.24. The smallest absolute Gasteiger partial charge is 0.317 e. The fourth-order valence-corrected chi connectivity index (χ4v) is 8.49. The van der Waals surface area contributed by atoms with Gasteiger partial charge in [0.1, 0.15) is 24.1 Å². The van der Waals surface area contributed by atoms with Crippen molar-refractivity contribution in [1.82, 2.24) is 20.2 Å². The number of benzene rings is 3. The molecule has 4 aliphatic heterocycles. The first-order valence-electron chi connectivity index (χ1n) is 15.6. The van der Waals surface area contributed by atoms with Gasteiger partial charge in [0.15, 0.2) is 5.82 Å². The van der Waals surface area contributed by atoms with E-state index in [0.717, 1.165) is 50.8 Å². The number of nitrogens with one attached hydrogen (secondary N) is 1. The number of aromatic nitrogens is 2. The lowest BCUT2D eigenvalue weighted by Crippen LogP contribution is -2.43. The third-order valence-electron chi connectivity index (χ3n) is 10.4. The van der Waals surface area contributed by atoms with E-state index in [4.69, 9.17) is 21.9 Å². The molecule has 44 heavy (non-hydrogen) atoms. The molecule has 2 bridgehead atoms. The van der Waals surface area contributed by atoms with Crippen LogP contribution >= 0.6 is 0 Å². The van der Waals surface area contributed by atoms with Crippen molar-refractivity contribution < 1.29 is 17.9 Å². The topological polar surface area (TPSA) is 76.3 Å². The Morgan fingerprint density at radius 2 is 1.91 bits per heavy atom. The fraction of sp³-hybridized carbons (Fsp3) is 0.429. The number of halogens is 3. The molecule has 0 saturated carbocycles. The van der Waals surface area contributed by atoms with Crippen LogP contribution in [-0.2, 0) is 0 Å². The van der Waals surface area contributed by atoms with E-state index in [1.807, 2.05) is 6.07 Å². The fourth-order valence-electron chi connectivity index (χ4n) is 8.49. The van der Waals surface area contributed by atoms with Gasteiger partial charge in [0.2, 0.25) is 0 Å². The summed E-state index contributed by atoms with van der Waals surface area (Å²) in [7, 11) is 0. The Balaban J connectivity index is 1.28. The second-order valence-electron chi connectivity index (χ2n) is 13.1. The van der Waals surface area contributed by atoms with Gasteiger partial charge in [-0.2, -0.15) is 9.97 Å². The quantitative estimate of drug-likeness (QED) is 0.209. The van der Waals surface area contributed by atoms with Crippen molar-refractivity contribution in [2.24, 2.45) is 0 Å². The molecule has 4 fully saturated rings. The number of hydrogen-bond donors (Lipinski definition) is 2. The van der Waals surface area contributed by atoms with E-state index in [1.165, 1.54) is 6.07 Å². The van der Waals surface area contributed by atoms with Crippen molar-refractivity contribution >= 4 is 27.4 Å².